The molecule has 0 amide bonds. The van der Waals surface area contributed by atoms with E-state index in [1.807, 2.05) is 6.92 Å². The Kier molecular flexibility index (Phi) is 3.49. The summed E-state index contributed by atoms with van der Waals surface area (Å²) < 4.78 is 4.89. The van der Waals surface area contributed by atoms with Gasteiger partial charge in [-0.3, -0.25) is 0 Å². The number of aromatic hydroxyl groups is 1. The van der Waals surface area contributed by atoms with Crippen LogP contribution >= 0.6 is 0 Å². The fraction of sp³-hybridized carbons (Fsp3) is 0.400. The number of hydrazone groups is 1. The summed E-state index contributed by atoms with van der Waals surface area (Å²) in [7, 11) is 1.63. The Balaban J connectivity index is 3.36. The highest BCUT2D eigenvalue weighted by molar-refractivity contribution is 6.01. The van der Waals surface area contributed by atoms with E-state index in [4.69, 9.17) is 4.42 Å². The Hall–Kier alpha value is -1.78. The zero-order valence-electron chi connectivity index (χ0n) is 9.00. The van der Waals surface area contributed by atoms with Crippen LogP contribution in [0.4, 0.5) is 0 Å². The minimum absolute atomic E-state index is 0.0976. The van der Waals surface area contributed by atoms with Gasteiger partial charge in [0.05, 0.1) is 5.71 Å². The standard InChI is InChI=1S/C10H14N2O3/c1-4-7(12-11-3)9-8(13)5-6(2)15-10(9)14/h5,11,13H,4H2,1-3H3/b12-7+. The lowest BCUT2D eigenvalue weighted by Gasteiger charge is -2.05. The third-order valence-electron chi connectivity index (χ3n) is 1.92. The molecule has 0 bridgehead atoms. The first kappa shape index (κ1) is 11.3. The van der Waals surface area contributed by atoms with Gasteiger partial charge in [-0.1, -0.05) is 6.92 Å². The summed E-state index contributed by atoms with van der Waals surface area (Å²) in [5, 5.41) is 13.5. The second-order valence-electron chi connectivity index (χ2n) is 3.04. The average molecular weight is 210 g/mol. The van der Waals surface area contributed by atoms with E-state index in [0.717, 1.165) is 0 Å². The van der Waals surface area contributed by atoms with Gasteiger partial charge < -0.3 is 14.9 Å². The van der Waals surface area contributed by atoms with Crippen molar-refractivity contribution in [3.63, 3.8) is 0 Å². The van der Waals surface area contributed by atoms with E-state index in [9.17, 15) is 9.90 Å². The lowest BCUT2D eigenvalue weighted by atomic mass is 10.1. The van der Waals surface area contributed by atoms with Crippen molar-refractivity contribution in [1.82, 2.24) is 5.43 Å². The smallest absolute Gasteiger partial charge is 0.348 e. The predicted molar refractivity (Wildman–Crippen MR) is 57.3 cm³/mol. The predicted octanol–water partition coefficient (Wildman–Crippen LogP) is 0.987. The molecule has 15 heavy (non-hydrogen) atoms. The molecule has 0 saturated heterocycles. The van der Waals surface area contributed by atoms with Crippen LogP contribution in [-0.4, -0.2) is 17.9 Å². The maximum Gasteiger partial charge on any atom is 0.348 e. The van der Waals surface area contributed by atoms with Crippen molar-refractivity contribution in [2.24, 2.45) is 5.10 Å². The van der Waals surface area contributed by atoms with E-state index in [0.29, 0.717) is 17.9 Å². The van der Waals surface area contributed by atoms with Crippen molar-refractivity contribution in [3.05, 3.63) is 27.8 Å². The van der Waals surface area contributed by atoms with Crippen LogP contribution in [0.2, 0.25) is 0 Å². The third-order valence-corrected chi connectivity index (χ3v) is 1.92. The van der Waals surface area contributed by atoms with Gasteiger partial charge in [0.25, 0.3) is 0 Å². The molecule has 1 aromatic rings. The van der Waals surface area contributed by atoms with Gasteiger partial charge in [-0.2, -0.15) is 5.10 Å². The molecule has 0 radical (unpaired) electrons. The molecule has 0 aromatic carbocycles. The summed E-state index contributed by atoms with van der Waals surface area (Å²) in [6.07, 6.45) is 0.530. The first-order valence-corrected chi connectivity index (χ1v) is 4.67. The molecule has 1 aromatic heterocycles. The van der Waals surface area contributed by atoms with Gasteiger partial charge in [0, 0.05) is 13.1 Å². The van der Waals surface area contributed by atoms with Crippen molar-refractivity contribution >= 4 is 5.71 Å². The largest absolute Gasteiger partial charge is 0.507 e. The fourth-order valence-electron chi connectivity index (χ4n) is 1.31. The highest BCUT2D eigenvalue weighted by Gasteiger charge is 2.14. The summed E-state index contributed by atoms with van der Waals surface area (Å²) in [6, 6.07) is 1.40. The van der Waals surface area contributed by atoms with Crippen LogP contribution in [0.3, 0.4) is 0 Å². The minimum Gasteiger partial charge on any atom is -0.507 e. The molecule has 82 valence electrons. The van der Waals surface area contributed by atoms with Crippen LogP contribution in [0.1, 0.15) is 24.7 Å². The molecule has 2 N–H and O–H groups in total. The van der Waals surface area contributed by atoms with Gasteiger partial charge in [0.2, 0.25) is 0 Å². The summed E-state index contributed by atoms with van der Waals surface area (Å²) in [5.74, 6) is 0.278. The van der Waals surface area contributed by atoms with Crippen LogP contribution in [0, 0.1) is 6.92 Å². The van der Waals surface area contributed by atoms with Crippen molar-refractivity contribution in [2.45, 2.75) is 20.3 Å². The Labute approximate surface area is 87.4 Å². The zero-order chi connectivity index (χ0) is 11.4. The van der Waals surface area contributed by atoms with Crippen molar-refractivity contribution in [2.75, 3.05) is 7.05 Å². The highest BCUT2D eigenvalue weighted by atomic mass is 16.4. The lowest BCUT2D eigenvalue weighted by molar-refractivity contribution is 0.432. The number of nitrogens with one attached hydrogen (secondary N) is 1. The van der Waals surface area contributed by atoms with Crippen LogP contribution in [-0.2, 0) is 0 Å². The molecule has 0 saturated carbocycles. The molecule has 1 rings (SSSR count). The average Bonchev–Trinajstić information content (AvgIpc) is 2.14. The van der Waals surface area contributed by atoms with Gasteiger partial charge in [-0.15, -0.1) is 0 Å². The number of nitrogens with zero attached hydrogens (tertiary/aromatic N) is 1. The maximum absolute atomic E-state index is 11.5. The Morgan fingerprint density at radius 3 is 2.80 bits per heavy atom. The fourth-order valence-corrected chi connectivity index (χ4v) is 1.31. The van der Waals surface area contributed by atoms with Crippen molar-refractivity contribution in [1.29, 1.82) is 0 Å². The molecule has 0 atom stereocenters. The van der Waals surface area contributed by atoms with Gasteiger partial charge in [-0.05, 0) is 13.3 Å². The van der Waals surface area contributed by atoms with E-state index in [2.05, 4.69) is 10.5 Å². The molecular weight excluding hydrogens is 196 g/mol. The molecule has 0 unspecified atom stereocenters. The summed E-state index contributed by atoms with van der Waals surface area (Å²) in [4.78, 5) is 11.5. The maximum atomic E-state index is 11.5. The van der Waals surface area contributed by atoms with Crippen molar-refractivity contribution in [3.8, 4) is 5.75 Å². The molecule has 0 spiro atoms. The normalized spacial score (nSPS) is 11.5. The second-order valence-corrected chi connectivity index (χ2v) is 3.04. The molecule has 1 heterocycles. The summed E-state index contributed by atoms with van der Waals surface area (Å²) in [6.45, 7) is 3.45. The highest BCUT2D eigenvalue weighted by Crippen LogP contribution is 2.16. The Bertz CT molecular complexity index is 435. The molecular formula is C10H14N2O3. The summed E-state index contributed by atoms with van der Waals surface area (Å²) in [5.41, 5.74) is 2.61. The molecule has 5 heteroatoms. The third kappa shape index (κ3) is 2.37. The van der Waals surface area contributed by atoms with Crippen LogP contribution in [0.5, 0.6) is 5.75 Å². The molecule has 5 nitrogen and oxygen atoms in total. The first-order valence-electron chi connectivity index (χ1n) is 4.67. The van der Waals surface area contributed by atoms with Gasteiger partial charge in [-0.25, -0.2) is 4.79 Å². The quantitative estimate of drug-likeness (QED) is 0.576. The SMILES string of the molecule is CC/C(=N\NC)c1c(O)cc(C)oc1=O. The topological polar surface area (TPSA) is 74.8 Å². The minimum atomic E-state index is -0.566. The van der Waals surface area contributed by atoms with E-state index in [-0.39, 0.29) is 11.3 Å². The number of aryl methyl sites for hydroxylation is 1. The number of hydrogen-bond acceptors (Lipinski definition) is 5. The van der Waals surface area contributed by atoms with Crippen molar-refractivity contribution < 1.29 is 9.52 Å². The van der Waals surface area contributed by atoms with Gasteiger partial charge >= 0.3 is 5.63 Å². The van der Waals surface area contributed by atoms with E-state index < -0.39 is 5.63 Å². The van der Waals surface area contributed by atoms with E-state index in [1.54, 1.807) is 14.0 Å². The molecule has 0 aliphatic carbocycles. The monoisotopic (exact) mass is 210 g/mol. The van der Waals surface area contributed by atoms with Gasteiger partial charge in [0.15, 0.2) is 0 Å². The molecule has 0 aliphatic rings. The van der Waals surface area contributed by atoms with E-state index >= 15 is 0 Å². The number of rotatable bonds is 3. The first-order chi connectivity index (χ1) is 7.10. The zero-order valence-corrected chi connectivity index (χ0v) is 9.00. The lowest BCUT2D eigenvalue weighted by Crippen LogP contribution is -2.17. The van der Waals surface area contributed by atoms with Crippen LogP contribution in [0.15, 0.2) is 20.4 Å². The van der Waals surface area contributed by atoms with Crippen LogP contribution in [0.25, 0.3) is 0 Å². The second kappa shape index (κ2) is 4.63. The Morgan fingerprint density at radius 2 is 2.33 bits per heavy atom. The Morgan fingerprint density at radius 1 is 1.67 bits per heavy atom. The molecule has 0 fully saturated rings. The van der Waals surface area contributed by atoms with Crippen LogP contribution < -0.4 is 11.1 Å². The molecule has 0 aliphatic heterocycles. The summed E-state index contributed by atoms with van der Waals surface area (Å²) >= 11 is 0. The van der Waals surface area contributed by atoms with Gasteiger partial charge in [0.1, 0.15) is 17.1 Å². The van der Waals surface area contributed by atoms with E-state index in [1.165, 1.54) is 6.07 Å². The number of hydrogen-bond donors (Lipinski definition) is 2.